The fourth-order valence-corrected chi connectivity index (χ4v) is 3.00. The van der Waals surface area contributed by atoms with Crippen molar-refractivity contribution in [2.75, 3.05) is 47.1 Å². The highest BCUT2D eigenvalue weighted by Crippen LogP contribution is 2.38. The molecule has 1 aromatic rings. The molecule has 1 N–H and O–H groups in total. The smallest absolute Gasteiger partial charge is 0.133 e. The molecule has 0 unspecified atom stereocenters. The van der Waals surface area contributed by atoms with E-state index in [4.69, 9.17) is 9.47 Å². The van der Waals surface area contributed by atoms with Crippen LogP contribution in [0.1, 0.15) is 11.6 Å². The Kier molecular flexibility index (Phi) is 10.4. The predicted molar refractivity (Wildman–Crippen MR) is 94.9 cm³/mol. The van der Waals surface area contributed by atoms with Gasteiger partial charge in [-0.3, -0.25) is 4.90 Å². The van der Waals surface area contributed by atoms with Gasteiger partial charge in [0.15, 0.2) is 0 Å². The predicted octanol–water partition coefficient (Wildman–Crippen LogP) is 3.23. The zero-order chi connectivity index (χ0) is 14.5. The zero-order valence-corrected chi connectivity index (χ0v) is 15.8. The van der Waals surface area contributed by atoms with E-state index in [-0.39, 0.29) is 30.9 Å². The number of alkyl halides is 1. The Hall–Kier alpha value is -0.270. The molecule has 1 saturated heterocycles. The number of halogens is 4. The first kappa shape index (κ1) is 21.7. The van der Waals surface area contributed by atoms with Crippen molar-refractivity contribution in [2.24, 2.45) is 0 Å². The average molecular weight is 420 g/mol. The van der Waals surface area contributed by atoms with Gasteiger partial charge < -0.3 is 14.8 Å². The van der Waals surface area contributed by atoms with Crippen LogP contribution in [0.5, 0.6) is 11.5 Å². The molecule has 1 aliphatic heterocycles. The highest BCUT2D eigenvalue weighted by molar-refractivity contribution is 9.10. The summed E-state index contributed by atoms with van der Waals surface area (Å²) in [4.78, 5) is 2.14. The molecule has 128 valence electrons. The Morgan fingerprint density at radius 3 is 2.27 bits per heavy atom. The third kappa shape index (κ3) is 4.86. The maximum absolute atomic E-state index is 13.6. The molecule has 8 heteroatoms. The minimum atomic E-state index is -0.443. The van der Waals surface area contributed by atoms with Crippen LogP contribution < -0.4 is 14.8 Å². The fourth-order valence-electron chi connectivity index (χ4n) is 2.52. The molecule has 1 aliphatic rings. The molecular formula is C14H22BrCl2FN2O2. The van der Waals surface area contributed by atoms with Crippen molar-refractivity contribution >= 4 is 40.7 Å². The summed E-state index contributed by atoms with van der Waals surface area (Å²) < 4.78 is 25.1. The Bertz CT molecular complexity index is 463. The van der Waals surface area contributed by atoms with E-state index in [2.05, 4.69) is 26.1 Å². The van der Waals surface area contributed by atoms with Gasteiger partial charge in [0.1, 0.15) is 18.2 Å². The summed E-state index contributed by atoms with van der Waals surface area (Å²) in [5.74, 6) is 1.37. The van der Waals surface area contributed by atoms with E-state index in [0.717, 1.165) is 36.2 Å². The number of hydrogen-bond acceptors (Lipinski definition) is 4. The van der Waals surface area contributed by atoms with Crippen molar-refractivity contribution in [1.82, 2.24) is 10.2 Å². The standard InChI is InChI=1S/C14H20BrFN2O2.2ClH/c1-19-13-8-11(15)14(20-2)7-10(13)12(9-16)18-5-3-17-4-6-18;;/h7-8,12,17H,3-6,9H2,1-2H3;2*1H/t12-;;/m1../s1. The number of methoxy groups -OCH3 is 2. The second kappa shape index (κ2) is 10.5. The third-order valence-electron chi connectivity index (χ3n) is 3.60. The lowest BCUT2D eigenvalue weighted by Gasteiger charge is -2.34. The lowest BCUT2D eigenvalue weighted by Crippen LogP contribution is -2.45. The van der Waals surface area contributed by atoms with Gasteiger partial charge in [-0.1, -0.05) is 0 Å². The van der Waals surface area contributed by atoms with Crippen LogP contribution in [0.3, 0.4) is 0 Å². The van der Waals surface area contributed by atoms with Crippen LogP contribution in [0, 0.1) is 0 Å². The lowest BCUT2D eigenvalue weighted by molar-refractivity contribution is 0.145. The normalized spacial score (nSPS) is 16.2. The van der Waals surface area contributed by atoms with Crippen LogP contribution in [-0.2, 0) is 0 Å². The minimum Gasteiger partial charge on any atom is -0.496 e. The van der Waals surface area contributed by atoms with Gasteiger partial charge in [-0.2, -0.15) is 0 Å². The maximum atomic E-state index is 13.6. The van der Waals surface area contributed by atoms with E-state index in [1.807, 2.05) is 12.1 Å². The largest absolute Gasteiger partial charge is 0.496 e. The Balaban J connectivity index is 0.00000220. The van der Waals surface area contributed by atoms with Crippen LogP contribution in [0.25, 0.3) is 0 Å². The monoisotopic (exact) mass is 418 g/mol. The summed E-state index contributed by atoms with van der Waals surface area (Å²) in [5, 5.41) is 3.28. The first-order valence-electron chi connectivity index (χ1n) is 6.63. The second-order valence-corrected chi connectivity index (χ2v) is 5.54. The lowest BCUT2D eigenvalue weighted by atomic mass is 10.0. The summed E-state index contributed by atoms with van der Waals surface area (Å²) >= 11 is 3.43. The quantitative estimate of drug-likeness (QED) is 0.794. The van der Waals surface area contributed by atoms with E-state index in [1.54, 1.807) is 14.2 Å². The molecular weight excluding hydrogens is 398 g/mol. The molecule has 1 aromatic carbocycles. The van der Waals surface area contributed by atoms with Gasteiger partial charge in [-0.05, 0) is 28.1 Å². The molecule has 1 heterocycles. The molecule has 0 aromatic heterocycles. The van der Waals surface area contributed by atoms with Gasteiger partial charge in [-0.15, -0.1) is 24.8 Å². The van der Waals surface area contributed by atoms with Gasteiger partial charge in [-0.25, -0.2) is 4.39 Å². The number of ether oxygens (including phenoxy) is 2. The van der Waals surface area contributed by atoms with E-state index >= 15 is 0 Å². The molecule has 0 saturated carbocycles. The van der Waals surface area contributed by atoms with Crippen LogP contribution in [0.4, 0.5) is 4.39 Å². The number of rotatable bonds is 5. The molecule has 22 heavy (non-hydrogen) atoms. The Morgan fingerprint density at radius 2 is 1.77 bits per heavy atom. The SMILES string of the molecule is COc1cc([C@@H](CF)N2CCNCC2)c(OC)cc1Br.Cl.Cl. The fraction of sp³-hybridized carbons (Fsp3) is 0.571. The second-order valence-electron chi connectivity index (χ2n) is 4.68. The number of benzene rings is 1. The highest BCUT2D eigenvalue weighted by Gasteiger charge is 2.26. The minimum absolute atomic E-state index is 0. The number of hydrogen-bond donors (Lipinski definition) is 1. The van der Waals surface area contributed by atoms with Crippen molar-refractivity contribution in [3.05, 3.63) is 22.2 Å². The Labute approximate surface area is 151 Å². The van der Waals surface area contributed by atoms with Crippen LogP contribution in [0.2, 0.25) is 0 Å². The van der Waals surface area contributed by atoms with Crippen molar-refractivity contribution in [3.63, 3.8) is 0 Å². The summed E-state index contributed by atoms with van der Waals surface area (Å²) in [6.45, 7) is 2.98. The number of piperazine rings is 1. The number of nitrogens with one attached hydrogen (secondary N) is 1. The van der Waals surface area contributed by atoms with Gasteiger partial charge in [0.2, 0.25) is 0 Å². The van der Waals surface area contributed by atoms with Gasteiger partial charge in [0.25, 0.3) is 0 Å². The number of nitrogens with zero attached hydrogens (tertiary/aromatic N) is 1. The Morgan fingerprint density at radius 1 is 1.18 bits per heavy atom. The first-order chi connectivity index (χ1) is 9.71. The zero-order valence-electron chi connectivity index (χ0n) is 12.6. The third-order valence-corrected chi connectivity index (χ3v) is 4.22. The first-order valence-corrected chi connectivity index (χ1v) is 7.42. The molecule has 0 radical (unpaired) electrons. The molecule has 0 amide bonds. The summed E-state index contributed by atoms with van der Waals surface area (Å²) in [6, 6.07) is 3.39. The average Bonchev–Trinajstić information content (AvgIpc) is 2.50. The molecule has 0 bridgehead atoms. The van der Waals surface area contributed by atoms with E-state index < -0.39 is 6.67 Å². The molecule has 0 spiro atoms. The molecule has 1 fully saturated rings. The van der Waals surface area contributed by atoms with Crippen LogP contribution >= 0.6 is 40.7 Å². The van der Waals surface area contributed by atoms with E-state index in [1.165, 1.54) is 0 Å². The van der Waals surface area contributed by atoms with Crippen molar-refractivity contribution < 1.29 is 13.9 Å². The molecule has 4 nitrogen and oxygen atoms in total. The van der Waals surface area contributed by atoms with Gasteiger partial charge in [0.05, 0.1) is 24.7 Å². The summed E-state index contributed by atoms with van der Waals surface area (Å²) in [5.41, 5.74) is 0.831. The van der Waals surface area contributed by atoms with Crippen molar-refractivity contribution in [2.45, 2.75) is 6.04 Å². The highest BCUT2D eigenvalue weighted by atomic mass is 79.9. The summed E-state index contributed by atoms with van der Waals surface area (Å²) in [7, 11) is 3.20. The molecule has 0 aliphatic carbocycles. The van der Waals surface area contributed by atoms with Crippen LogP contribution in [-0.4, -0.2) is 52.0 Å². The maximum Gasteiger partial charge on any atom is 0.133 e. The van der Waals surface area contributed by atoms with Gasteiger partial charge >= 0.3 is 0 Å². The van der Waals surface area contributed by atoms with E-state index in [0.29, 0.717) is 11.5 Å². The van der Waals surface area contributed by atoms with Crippen LogP contribution in [0.15, 0.2) is 16.6 Å². The molecule has 2 rings (SSSR count). The van der Waals surface area contributed by atoms with Gasteiger partial charge in [0, 0.05) is 31.7 Å². The van der Waals surface area contributed by atoms with Crippen molar-refractivity contribution in [1.29, 1.82) is 0 Å². The molecule has 1 atom stereocenters. The van der Waals surface area contributed by atoms with Crippen molar-refractivity contribution in [3.8, 4) is 11.5 Å². The topological polar surface area (TPSA) is 33.7 Å². The summed E-state index contributed by atoms with van der Waals surface area (Å²) in [6.07, 6.45) is 0. The van der Waals surface area contributed by atoms with E-state index in [9.17, 15) is 4.39 Å².